The molecule has 4 heteroatoms. The van der Waals surface area contributed by atoms with Crippen molar-refractivity contribution in [3.05, 3.63) is 32.7 Å². The highest BCUT2D eigenvalue weighted by Crippen LogP contribution is 2.34. The molecule has 2 rings (SSSR count). The summed E-state index contributed by atoms with van der Waals surface area (Å²) in [6.07, 6.45) is 3.53. The number of hydrogen-bond acceptors (Lipinski definition) is 1. The third kappa shape index (κ3) is 3.60. The van der Waals surface area contributed by atoms with Gasteiger partial charge in [-0.3, -0.25) is 4.79 Å². The first-order valence-electron chi connectivity index (χ1n) is 6.78. The second-order valence-electron chi connectivity index (χ2n) is 5.34. The van der Waals surface area contributed by atoms with Gasteiger partial charge in [-0.1, -0.05) is 52.1 Å². The predicted molar refractivity (Wildman–Crippen MR) is 85.3 cm³/mol. The number of nitrogens with one attached hydrogen (secondary N) is 1. The summed E-state index contributed by atoms with van der Waals surface area (Å²) in [5, 5.41) is 3.18. The molecule has 3 atom stereocenters. The molecule has 0 saturated heterocycles. The summed E-state index contributed by atoms with van der Waals surface area (Å²) in [5.74, 6) is 1.35. The van der Waals surface area contributed by atoms with E-state index in [-0.39, 0.29) is 5.91 Å². The molecule has 1 aliphatic carbocycles. The van der Waals surface area contributed by atoms with Crippen LogP contribution in [0.3, 0.4) is 0 Å². The summed E-state index contributed by atoms with van der Waals surface area (Å²) in [6.45, 7) is 4.49. The van der Waals surface area contributed by atoms with E-state index in [1.807, 2.05) is 18.2 Å². The molecule has 1 fully saturated rings. The highest BCUT2D eigenvalue weighted by Gasteiger charge is 2.32. The van der Waals surface area contributed by atoms with Crippen LogP contribution in [0.25, 0.3) is 0 Å². The minimum absolute atomic E-state index is 0.0237. The third-order valence-corrected chi connectivity index (χ3v) is 5.11. The van der Waals surface area contributed by atoms with Gasteiger partial charge in [-0.25, -0.2) is 0 Å². The van der Waals surface area contributed by atoms with Crippen LogP contribution in [-0.4, -0.2) is 11.9 Å². The molecule has 1 aliphatic rings. The van der Waals surface area contributed by atoms with Gasteiger partial charge in [0.1, 0.15) is 0 Å². The van der Waals surface area contributed by atoms with E-state index >= 15 is 0 Å². The molecular weight excluding hydrogens is 370 g/mol. The zero-order valence-electron chi connectivity index (χ0n) is 11.2. The van der Waals surface area contributed by atoms with Gasteiger partial charge in [-0.2, -0.15) is 0 Å². The highest BCUT2D eigenvalue weighted by atomic mass is 79.9. The fourth-order valence-electron chi connectivity index (χ4n) is 2.96. The molecule has 0 radical (unpaired) electrons. The Morgan fingerprint density at radius 1 is 1.26 bits per heavy atom. The number of carbonyl (C=O) groups excluding carboxylic acids is 1. The van der Waals surface area contributed by atoms with Crippen molar-refractivity contribution in [2.75, 3.05) is 0 Å². The molecule has 0 spiro atoms. The second kappa shape index (κ2) is 6.40. The van der Waals surface area contributed by atoms with E-state index in [9.17, 15) is 4.79 Å². The number of amides is 1. The quantitative estimate of drug-likeness (QED) is 0.793. The molecule has 1 saturated carbocycles. The van der Waals surface area contributed by atoms with Crippen LogP contribution in [-0.2, 0) is 0 Å². The molecular formula is C15H19Br2NO. The average molecular weight is 389 g/mol. The number of rotatable bonds is 3. The summed E-state index contributed by atoms with van der Waals surface area (Å²) in [6, 6.07) is 5.96. The largest absolute Gasteiger partial charge is 0.349 e. The van der Waals surface area contributed by atoms with E-state index in [1.165, 1.54) is 12.8 Å². The zero-order chi connectivity index (χ0) is 14.0. The molecule has 1 amide bonds. The Hall–Kier alpha value is -0.350. The Labute approximate surface area is 131 Å². The van der Waals surface area contributed by atoms with E-state index in [0.717, 1.165) is 21.3 Å². The third-order valence-electron chi connectivity index (χ3n) is 4.19. The van der Waals surface area contributed by atoms with Crippen molar-refractivity contribution >= 4 is 37.8 Å². The molecule has 0 aromatic heterocycles. The van der Waals surface area contributed by atoms with Crippen LogP contribution in [0, 0.1) is 11.8 Å². The lowest BCUT2D eigenvalue weighted by atomic mass is 9.93. The van der Waals surface area contributed by atoms with Crippen molar-refractivity contribution in [3.63, 3.8) is 0 Å². The van der Waals surface area contributed by atoms with Crippen molar-refractivity contribution in [1.29, 1.82) is 0 Å². The van der Waals surface area contributed by atoms with Crippen LogP contribution in [0.5, 0.6) is 0 Å². The second-order valence-corrected chi connectivity index (χ2v) is 7.17. The number of benzene rings is 1. The maximum absolute atomic E-state index is 12.3. The molecule has 19 heavy (non-hydrogen) atoms. The predicted octanol–water partition coefficient (Wildman–Crippen LogP) is 4.77. The topological polar surface area (TPSA) is 29.1 Å². The van der Waals surface area contributed by atoms with Crippen molar-refractivity contribution < 1.29 is 4.79 Å². The van der Waals surface area contributed by atoms with Gasteiger partial charge in [0.2, 0.25) is 0 Å². The lowest BCUT2D eigenvalue weighted by Crippen LogP contribution is -2.37. The summed E-state index contributed by atoms with van der Waals surface area (Å²) in [4.78, 5) is 12.3. The van der Waals surface area contributed by atoms with Gasteiger partial charge in [-0.05, 0) is 42.9 Å². The molecule has 1 aromatic carbocycles. The first-order valence-corrected chi connectivity index (χ1v) is 8.36. The van der Waals surface area contributed by atoms with Crippen molar-refractivity contribution in [1.82, 2.24) is 5.32 Å². The lowest BCUT2D eigenvalue weighted by molar-refractivity contribution is 0.0926. The standard InChI is InChI=1S/C15H19Br2NO/c1-3-10-4-5-14(9(10)2)18-15(19)11-6-12(16)8-13(17)7-11/h6-10,14H,3-5H2,1-2H3,(H,18,19). The summed E-state index contributed by atoms with van der Waals surface area (Å²) in [5.41, 5.74) is 0.702. The first-order chi connectivity index (χ1) is 9.01. The maximum atomic E-state index is 12.3. The van der Waals surface area contributed by atoms with E-state index < -0.39 is 0 Å². The SMILES string of the molecule is CCC1CCC(NC(=O)c2cc(Br)cc(Br)c2)C1C. The first kappa shape index (κ1) is 15.0. The van der Waals surface area contributed by atoms with Crippen LogP contribution in [0.15, 0.2) is 27.1 Å². The molecule has 0 aliphatic heterocycles. The highest BCUT2D eigenvalue weighted by molar-refractivity contribution is 9.11. The van der Waals surface area contributed by atoms with E-state index in [1.54, 1.807) is 0 Å². The number of hydrogen-bond donors (Lipinski definition) is 1. The Morgan fingerprint density at radius 3 is 2.42 bits per heavy atom. The lowest BCUT2D eigenvalue weighted by Gasteiger charge is -2.21. The molecule has 3 unspecified atom stereocenters. The van der Waals surface area contributed by atoms with Gasteiger partial charge < -0.3 is 5.32 Å². The molecule has 0 heterocycles. The van der Waals surface area contributed by atoms with Crippen molar-refractivity contribution in [3.8, 4) is 0 Å². The fraction of sp³-hybridized carbons (Fsp3) is 0.533. The van der Waals surface area contributed by atoms with Gasteiger partial charge in [-0.15, -0.1) is 0 Å². The average Bonchev–Trinajstić information content (AvgIpc) is 2.69. The van der Waals surface area contributed by atoms with Crippen LogP contribution < -0.4 is 5.32 Å². The van der Waals surface area contributed by atoms with Gasteiger partial charge in [0.15, 0.2) is 0 Å². The number of carbonyl (C=O) groups is 1. The van der Waals surface area contributed by atoms with Gasteiger partial charge in [0.25, 0.3) is 5.91 Å². The Bertz CT molecular complexity index is 455. The molecule has 0 bridgehead atoms. The Balaban J connectivity index is 2.05. The van der Waals surface area contributed by atoms with Crippen LogP contribution in [0.4, 0.5) is 0 Å². The van der Waals surface area contributed by atoms with Gasteiger partial charge >= 0.3 is 0 Å². The summed E-state index contributed by atoms with van der Waals surface area (Å²) in [7, 11) is 0. The van der Waals surface area contributed by atoms with Crippen LogP contribution in [0.1, 0.15) is 43.5 Å². The Morgan fingerprint density at radius 2 is 1.89 bits per heavy atom. The zero-order valence-corrected chi connectivity index (χ0v) is 14.4. The van der Waals surface area contributed by atoms with Crippen molar-refractivity contribution in [2.45, 2.75) is 39.2 Å². The molecule has 2 nitrogen and oxygen atoms in total. The van der Waals surface area contributed by atoms with E-state index in [2.05, 4.69) is 51.0 Å². The van der Waals surface area contributed by atoms with E-state index in [0.29, 0.717) is 17.5 Å². The van der Waals surface area contributed by atoms with Gasteiger partial charge in [0.05, 0.1) is 0 Å². The smallest absolute Gasteiger partial charge is 0.251 e. The summed E-state index contributed by atoms with van der Waals surface area (Å²) < 4.78 is 1.83. The maximum Gasteiger partial charge on any atom is 0.251 e. The Kier molecular flexibility index (Phi) is 5.07. The molecule has 1 N–H and O–H groups in total. The summed E-state index contributed by atoms with van der Waals surface area (Å²) >= 11 is 6.83. The van der Waals surface area contributed by atoms with Crippen molar-refractivity contribution in [2.24, 2.45) is 11.8 Å². The monoisotopic (exact) mass is 387 g/mol. The normalized spacial score (nSPS) is 26.4. The minimum atomic E-state index is 0.0237. The number of halogens is 2. The fourth-order valence-corrected chi connectivity index (χ4v) is 4.26. The van der Waals surface area contributed by atoms with Crippen LogP contribution >= 0.6 is 31.9 Å². The van der Waals surface area contributed by atoms with E-state index in [4.69, 9.17) is 0 Å². The minimum Gasteiger partial charge on any atom is -0.349 e. The van der Waals surface area contributed by atoms with Gasteiger partial charge in [0, 0.05) is 20.6 Å². The molecule has 1 aromatic rings. The molecule has 104 valence electrons. The van der Waals surface area contributed by atoms with Crippen LogP contribution in [0.2, 0.25) is 0 Å².